The van der Waals surface area contributed by atoms with Gasteiger partial charge in [-0.15, -0.1) is 0 Å². The number of nitrogens with one attached hydrogen (secondary N) is 2. The van der Waals surface area contributed by atoms with Gasteiger partial charge in [-0.2, -0.15) is 0 Å². The molecule has 0 unspecified atom stereocenters. The van der Waals surface area contributed by atoms with E-state index < -0.39 is 11.3 Å². The summed E-state index contributed by atoms with van der Waals surface area (Å²) in [6.07, 6.45) is 0. The zero-order chi connectivity index (χ0) is 22.6. The Morgan fingerprint density at radius 1 is 1.20 bits per heavy atom. The molecule has 2 aromatic rings. The predicted octanol–water partition coefficient (Wildman–Crippen LogP) is 4.28. The summed E-state index contributed by atoms with van der Waals surface area (Å²) in [5, 5.41) is 16.4. The van der Waals surface area contributed by atoms with E-state index in [0.29, 0.717) is 23.8 Å². The minimum Gasteiger partial charge on any atom is -0.506 e. The van der Waals surface area contributed by atoms with Gasteiger partial charge in [0.05, 0.1) is 22.0 Å². The molecule has 2 aromatic carbocycles. The quantitative estimate of drug-likeness (QED) is 0.321. The van der Waals surface area contributed by atoms with Gasteiger partial charge in [0.25, 0.3) is 0 Å². The number of phenols is 1. The number of nitrogens with two attached hydrogens (primary N) is 1. The number of amidine groups is 1. The summed E-state index contributed by atoms with van der Waals surface area (Å²) in [4.78, 5) is 28.1. The number of primary amides is 1. The Kier molecular flexibility index (Phi) is 7.10. The van der Waals surface area contributed by atoms with E-state index in [0.717, 1.165) is 11.1 Å². The van der Waals surface area contributed by atoms with E-state index >= 15 is 0 Å². The van der Waals surface area contributed by atoms with Crippen LogP contribution in [0, 0.1) is 12.3 Å². The van der Waals surface area contributed by atoms with Gasteiger partial charge in [0.15, 0.2) is 0 Å². The highest BCUT2D eigenvalue weighted by molar-refractivity contribution is 6.34. The largest absolute Gasteiger partial charge is 0.506 e. The number of anilines is 1. The maximum absolute atomic E-state index is 12.1. The molecule has 7 nitrogen and oxygen atoms in total. The third-order valence-electron chi connectivity index (χ3n) is 4.35. The van der Waals surface area contributed by atoms with Gasteiger partial charge < -0.3 is 21.5 Å². The van der Waals surface area contributed by atoms with Crippen LogP contribution in [-0.4, -0.2) is 22.8 Å². The van der Waals surface area contributed by atoms with Gasteiger partial charge >= 0.3 is 0 Å². The van der Waals surface area contributed by atoms with Gasteiger partial charge in [-0.3, -0.25) is 9.59 Å². The monoisotopic (exact) mass is 430 g/mol. The highest BCUT2D eigenvalue weighted by Gasteiger charge is 2.20. The topological polar surface area (TPSA) is 117 Å². The molecule has 5 N–H and O–H groups in total. The van der Waals surface area contributed by atoms with E-state index in [1.165, 1.54) is 6.07 Å². The molecular formula is C22H27ClN4O3. The number of phenolic OH excluding ortho intramolecular Hbond substituents is 1. The normalized spacial score (nSPS) is 11.9. The minimum atomic E-state index is -0.635. The zero-order valence-corrected chi connectivity index (χ0v) is 18.5. The van der Waals surface area contributed by atoms with Crippen molar-refractivity contribution >= 4 is 40.6 Å². The van der Waals surface area contributed by atoms with Crippen LogP contribution in [0.15, 0.2) is 35.3 Å². The third kappa shape index (κ3) is 5.97. The summed E-state index contributed by atoms with van der Waals surface area (Å²) >= 11 is 6.05. The van der Waals surface area contributed by atoms with E-state index in [2.05, 4.69) is 15.6 Å². The fraction of sp³-hybridized carbons (Fsp3) is 0.318. The number of rotatable bonds is 5. The first-order chi connectivity index (χ1) is 13.9. The van der Waals surface area contributed by atoms with Crippen LogP contribution in [0.3, 0.4) is 0 Å². The number of aliphatic imine (C=N–C) groups is 1. The molecule has 0 heterocycles. The van der Waals surface area contributed by atoms with E-state index in [1.807, 2.05) is 27.7 Å². The lowest BCUT2D eigenvalue weighted by atomic mass is 9.95. The summed E-state index contributed by atoms with van der Waals surface area (Å²) in [5.74, 6) is -0.167. The van der Waals surface area contributed by atoms with Gasteiger partial charge in [0.1, 0.15) is 11.6 Å². The van der Waals surface area contributed by atoms with Crippen LogP contribution in [0.2, 0.25) is 5.02 Å². The number of halogens is 1. The third-order valence-corrected chi connectivity index (χ3v) is 4.66. The minimum absolute atomic E-state index is 0.0427. The molecule has 0 atom stereocenters. The number of carbonyl (C=O) groups is 2. The van der Waals surface area contributed by atoms with Gasteiger partial charge in [-0.1, -0.05) is 38.4 Å². The number of amides is 2. The smallest absolute Gasteiger partial charge is 0.250 e. The number of aryl methyl sites for hydroxylation is 1. The van der Waals surface area contributed by atoms with Crippen LogP contribution < -0.4 is 16.4 Å². The van der Waals surface area contributed by atoms with Gasteiger partial charge in [0, 0.05) is 12.0 Å². The molecule has 160 valence electrons. The molecule has 0 aliphatic carbocycles. The van der Waals surface area contributed by atoms with Crippen molar-refractivity contribution in [3.63, 3.8) is 0 Å². The van der Waals surface area contributed by atoms with Crippen molar-refractivity contribution in [2.45, 2.75) is 41.2 Å². The summed E-state index contributed by atoms with van der Waals surface area (Å²) in [6.45, 7) is 9.40. The SMILES string of the molecule is CC(=Nc1cc(C(N)=O)c(Cl)cc1C)Nc1cc(CNC(=O)C(C)(C)C)ccc1O. The Morgan fingerprint density at radius 2 is 1.87 bits per heavy atom. The van der Waals surface area contributed by atoms with Crippen LogP contribution in [0.5, 0.6) is 5.75 Å². The Bertz CT molecular complexity index is 1010. The van der Waals surface area contributed by atoms with Crippen molar-refractivity contribution in [3.05, 3.63) is 52.0 Å². The standard InChI is InChI=1S/C22H27ClN4O3/c1-12-8-16(23)15(20(24)29)10-17(12)26-13(2)27-18-9-14(6-7-19(18)28)11-25-21(30)22(3,4)5/h6-10,28H,11H2,1-5H3,(H2,24,29)(H,25,30)(H,26,27). The van der Waals surface area contributed by atoms with Crippen molar-refractivity contribution in [1.82, 2.24) is 5.32 Å². The molecule has 0 radical (unpaired) electrons. The number of benzene rings is 2. The van der Waals surface area contributed by atoms with Crippen molar-refractivity contribution in [2.75, 3.05) is 5.32 Å². The molecule has 2 amide bonds. The lowest BCUT2D eigenvalue weighted by Gasteiger charge is -2.18. The molecular weight excluding hydrogens is 404 g/mol. The van der Waals surface area contributed by atoms with Crippen molar-refractivity contribution in [1.29, 1.82) is 0 Å². The first-order valence-electron chi connectivity index (χ1n) is 9.41. The van der Waals surface area contributed by atoms with Crippen LogP contribution in [0.25, 0.3) is 0 Å². The molecule has 0 saturated carbocycles. The lowest BCUT2D eigenvalue weighted by Crippen LogP contribution is -2.34. The summed E-state index contributed by atoms with van der Waals surface area (Å²) < 4.78 is 0. The Morgan fingerprint density at radius 3 is 2.47 bits per heavy atom. The highest BCUT2D eigenvalue weighted by Crippen LogP contribution is 2.28. The molecule has 2 rings (SSSR count). The molecule has 0 aliphatic heterocycles. The second kappa shape index (κ2) is 9.17. The predicted molar refractivity (Wildman–Crippen MR) is 121 cm³/mol. The van der Waals surface area contributed by atoms with E-state index in [1.54, 1.807) is 31.2 Å². The molecule has 0 bridgehead atoms. The number of hydrogen-bond acceptors (Lipinski definition) is 4. The van der Waals surface area contributed by atoms with E-state index in [-0.39, 0.29) is 22.2 Å². The van der Waals surface area contributed by atoms with E-state index in [9.17, 15) is 14.7 Å². The van der Waals surface area contributed by atoms with Gasteiger partial charge in [0.2, 0.25) is 11.8 Å². The molecule has 8 heteroatoms. The maximum atomic E-state index is 12.1. The van der Waals surface area contributed by atoms with Gasteiger partial charge in [-0.25, -0.2) is 4.99 Å². The Hall–Kier alpha value is -3.06. The first-order valence-corrected chi connectivity index (χ1v) is 9.78. The average Bonchev–Trinajstić information content (AvgIpc) is 2.63. The number of nitrogens with zero attached hydrogens (tertiary/aromatic N) is 1. The van der Waals surface area contributed by atoms with Crippen LogP contribution in [-0.2, 0) is 11.3 Å². The highest BCUT2D eigenvalue weighted by atomic mass is 35.5. The average molecular weight is 431 g/mol. The molecule has 0 spiro atoms. The molecule has 0 saturated heterocycles. The second-order valence-corrected chi connectivity index (χ2v) is 8.50. The number of aromatic hydroxyl groups is 1. The van der Waals surface area contributed by atoms with Crippen LogP contribution in [0.1, 0.15) is 49.2 Å². The van der Waals surface area contributed by atoms with Crippen molar-refractivity contribution < 1.29 is 14.7 Å². The Balaban J connectivity index is 2.22. The van der Waals surface area contributed by atoms with Crippen molar-refractivity contribution in [3.8, 4) is 5.75 Å². The lowest BCUT2D eigenvalue weighted by molar-refractivity contribution is -0.128. The molecule has 0 aliphatic rings. The number of hydrogen-bond donors (Lipinski definition) is 4. The fourth-order valence-corrected chi connectivity index (χ4v) is 2.93. The zero-order valence-electron chi connectivity index (χ0n) is 17.8. The summed E-state index contributed by atoms with van der Waals surface area (Å²) in [7, 11) is 0. The van der Waals surface area contributed by atoms with E-state index in [4.69, 9.17) is 17.3 Å². The maximum Gasteiger partial charge on any atom is 0.250 e. The summed E-state index contributed by atoms with van der Waals surface area (Å²) in [6, 6.07) is 8.18. The summed E-state index contributed by atoms with van der Waals surface area (Å²) in [5.41, 5.74) is 7.62. The molecule has 30 heavy (non-hydrogen) atoms. The molecule has 0 fully saturated rings. The van der Waals surface area contributed by atoms with Crippen LogP contribution in [0.4, 0.5) is 11.4 Å². The van der Waals surface area contributed by atoms with Crippen LogP contribution >= 0.6 is 11.6 Å². The second-order valence-electron chi connectivity index (χ2n) is 8.09. The van der Waals surface area contributed by atoms with Crippen molar-refractivity contribution in [2.24, 2.45) is 16.1 Å². The fourth-order valence-electron chi connectivity index (χ4n) is 2.61. The first kappa shape index (κ1) is 23.2. The molecule has 0 aromatic heterocycles. The number of carbonyl (C=O) groups excluding carboxylic acids is 2. The Labute approximate surface area is 181 Å². The van der Waals surface area contributed by atoms with Gasteiger partial charge in [-0.05, 0) is 49.2 Å².